The van der Waals surface area contributed by atoms with Gasteiger partial charge in [0.2, 0.25) is 0 Å². The molecule has 1 rings (SSSR count). The topological polar surface area (TPSA) is 15.3 Å². The third kappa shape index (κ3) is 3.10. The average Bonchev–Trinajstić information content (AvgIpc) is 2.94. The van der Waals surface area contributed by atoms with E-state index in [1.165, 1.54) is 12.8 Å². The fourth-order valence-corrected chi connectivity index (χ4v) is 2.06. The summed E-state index contributed by atoms with van der Waals surface area (Å²) in [7, 11) is 2.04. The zero-order valence-electron chi connectivity index (χ0n) is 9.79. The standard InChI is InChI=1S/C12H24N2/c1-5-8-14(11-6-7-11)12(9-13-4)10(2)3/h5,10-13H,1,6-9H2,2-4H3. The van der Waals surface area contributed by atoms with Crippen LogP contribution in [0.1, 0.15) is 26.7 Å². The van der Waals surface area contributed by atoms with E-state index in [1.54, 1.807) is 0 Å². The Kier molecular flexibility index (Phi) is 4.63. The third-order valence-electron chi connectivity index (χ3n) is 2.96. The molecule has 0 bridgehead atoms. The molecule has 1 saturated carbocycles. The van der Waals surface area contributed by atoms with Gasteiger partial charge >= 0.3 is 0 Å². The highest BCUT2D eigenvalue weighted by atomic mass is 15.2. The van der Waals surface area contributed by atoms with E-state index >= 15 is 0 Å². The molecule has 0 aromatic carbocycles. The van der Waals surface area contributed by atoms with Gasteiger partial charge in [0, 0.05) is 25.2 Å². The average molecular weight is 196 g/mol. The fourth-order valence-electron chi connectivity index (χ4n) is 2.06. The summed E-state index contributed by atoms with van der Waals surface area (Å²) in [5, 5.41) is 3.29. The molecular formula is C12H24N2. The Labute approximate surface area is 88.4 Å². The molecule has 1 aliphatic rings. The molecule has 82 valence electrons. The van der Waals surface area contributed by atoms with Crippen molar-refractivity contribution in [1.82, 2.24) is 10.2 Å². The van der Waals surface area contributed by atoms with Crippen LogP contribution >= 0.6 is 0 Å². The first kappa shape index (κ1) is 11.7. The van der Waals surface area contributed by atoms with Crippen molar-refractivity contribution in [1.29, 1.82) is 0 Å². The summed E-state index contributed by atoms with van der Waals surface area (Å²) in [6, 6.07) is 1.49. The van der Waals surface area contributed by atoms with Crippen molar-refractivity contribution in [2.24, 2.45) is 5.92 Å². The minimum absolute atomic E-state index is 0.658. The van der Waals surface area contributed by atoms with E-state index in [0.29, 0.717) is 12.0 Å². The summed E-state index contributed by atoms with van der Waals surface area (Å²) < 4.78 is 0. The normalized spacial score (nSPS) is 18.9. The summed E-state index contributed by atoms with van der Waals surface area (Å²) in [4.78, 5) is 2.61. The highest BCUT2D eigenvalue weighted by Gasteiger charge is 2.33. The van der Waals surface area contributed by atoms with Crippen LogP contribution in [0.4, 0.5) is 0 Å². The molecule has 1 fully saturated rings. The quantitative estimate of drug-likeness (QED) is 0.625. The molecule has 0 spiro atoms. The Morgan fingerprint density at radius 2 is 2.14 bits per heavy atom. The van der Waals surface area contributed by atoms with Crippen LogP contribution in [0.2, 0.25) is 0 Å². The van der Waals surface area contributed by atoms with Gasteiger partial charge in [0.15, 0.2) is 0 Å². The van der Waals surface area contributed by atoms with Gasteiger partial charge in [0.25, 0.3) is 0 Å². The van der Waals surface area contributed by atoms with E-state index in [1.807, 2.05) is 13.1 Å². The van der Waals surface area contributed by atoms with Crippen LogP contribution in [0.3, 0.4) is 0 Å². The van der Waals surface area contributed by atoms with Crippen molar-refractivity contribution in [2.45, 2.75) is 38.8 Å². The maximum absolute atomic E-state index is 3.85. The van der Waals surface area contributed by atoms with Gasteiger partial charge in [-0.25, -0.2) is 0 Å². The molecular weight excluding hydrogens is 172 g/mol. The molecule has 1 aliphatic carbocycles. The van der Waals surface area contributed by atoms with Crippen LogP contribution in [0.25, 0.3) is 0 Å². The van der Waals surface area contributed by atoms with Crippen molar-refractivity contribution >= 4 is 0 Å². The lowest BCUT2D eigenvalue weighted by Gasteiger charge is -2.33. The summed E-state index contributed by atoms with van der Waals surface area (Å²) >= 11 is 0. The zero-order valence-corrected chi connectivity index (χ0v) is 9.79. The summed E-state index contributed by atoms with van der Waals surface area (Å²) in [5.41, 5.74) is 0. The molecule has 0 radical (unpaired) electrons. The smallest absolute Gasteiger partial charge is 0.0249 e. The number of likely N-dealkylation sites (N-methyl/N-ethyl adjacent to an activating group) is 1. The van der Waals surface area contributed by atoms with Gasteiger partial charge in [-0.2, -0.15) is 0 Å². The van der Waals surface area contributed by atoms with Crippen LogP contribution < -0.4 is 5.32 Å². The molecule has 0 heterocycles. The van der Waals surface area contributed by atoms with Crippen LogP contribution in [0, 0.1) is 5.92 Å². The minimum Gasteiger partial charge on any atom is -0.318 e. The van der Waals surface area contributed by atoms with Gasteiger partial charge in [-0.15, -0.1) is 6.58 Å². The van der Waals surface area contributed by atoms with Crippen molar-refractivity contribution in [3.05, 3.63) is 12.7 Å². The molecule has 1 atom stereocenters. The first-order valence-corrected chi connectivity index (χ1v) is 5.72. The molecule has 2 nitrogen and oxygen atoms in total. The highest BCUT2D eigenvalue weighted by Crippen LogP contribution is 2.30. The van der Waals surface area contributed by atoms with Crippen LogP contribution in [-0.2, 0) is 0 Å². The second-order valence-corrected chi connectivity index (χ2v) is 4.59. The van der Waals surface area contributed by atoms with E-state index < -0.39 is 0 Å². The summed E-state index contributed by atoms with van der Waals surface area (Å²) in [6.45, 7) is 10.6. The molecule has 0 saturated heterocycles. The second-order valence-electron chi connectivity index (χ2n) is 4.59. The Morgan fingerprint density at radius 1 is 1.50 bits per heavy atom. The maximum Gasteiger partial charge on any atom is 0.0249 e. The van der Waals surface area contributed by atoms with Crippen molar-refractivity contribution in [3.63, 3.8) is 0 Å². The van der Waals surface area contributed by atoms with Crippen LogP contribution in [0.15, 0.2) is 12.7 Å². The number of nitrogens with one attached hydrogen (secondary N) is 1. The van der Waals surface area contributed by atoms with Gasteiger partial charge in [0.1, 0.15) is 0 Å². The Hall–Kier alpha value is -0.340. The fraction of sp³-hybridized carbons (Fsp3) is 0.833. The first-order chi connectivity index (χ1) is 6.70. The predicted molar refractivity (Wildman–Crippen MR) is 62.5 cm³/mol. The first-order valence-electron chi connectivity index (χ1n) is 5.72. The predicted octanol–water partition coefficient (Wildman–Crippen LogP) is 1.88. The summed E-state index contributed by atoms with van der Waals surface area (Å²) in [5.74, 6) is 0.711. The highest BCUT2D eigenvalue weighted by molar-refractivity contribution is 4.93. The van der Waals surface area contributed by atoms with E-state index in [-0.39, 0.29) is 0 Å². The van der Waals surface area contributed by atoms with E-state index in [9.17, 15) is 0 Å². The molecule has 0 aliphatic heterocycles. The van der Waals surface area contributed by atoms with E-state index in [2.05, 4.69) is 30.6 Å². The van der Waals surface area contributed by atoms with Gasteiger partial charge in [-0.3, -0.25) is 4.90 Å². The summed E-state index contributed by atoms with van der Waals surface area (Å²) in [6.07, 6.45) is 4.78. The van der Waals surface area contributed by atoms with Gasteiger partial charge < -0.3 is 5.32 Å². The monoisotopic (exact) mass is 196 g/mol. The Morgan fingerprint density at radius 3 is 2.50 bits per heavy atom. The van der Waals surface area contributed by atoms with Gasteiger partial charge in [0.05, 0.1) is 0 Å². The number of hydrogen-bond donors (Lipinski definition) is 1. The molecule has 14 heavy (non-hydrogen) atoms. The molecule has 0 aromatic rings. The zero-order chi connectivity index (χ0) is 10.6. The third-order valence-corrected chi connectivity index (χ3v) is 2.96. The lowest BCUT2D eigenvalue weighted by Crippen LogP contribution is -2.46. The lowest BCUT2D eigenvalue weighted by molar-refractivity contribution is 0.161. The number of nitrogens with zero attached hydrogens (tertiary/aromatic N) is 1. The Balaban J connectivity index is 2.55. The van der Waals surface area contributed by atoms with Crippen molar-refractivity contribution in [3.8, 4) is 0 Å². The van der Waals surface area contributed by atoms with Crippen LogP contribution in [0.5, 0.6) is 0 Å². The molecule has 1 N–H and O–H groups in total. The lowest BCUT2D eigenvalue weighted by atomic mass is 10.0. The molecule has 0 aromatic heterocycles. The van der Waals surface area contributed by atoms with Crippen molar-refractivity contribution < 1.29 is 0 Å². The minimum atomic E-state index is 0.658. The number of hydrogen-bond acceptors (Lipinski definition) is 2. The molecule has 2 heteroatoms. The largest absolute Gasteiger partial charge is 0.318 e. The molecule has 1 unspecified atom stereocenters. The van der Waals surface area contributed by atoms with Gasteiger partial charge in [-0.05, 0) is 25.8 Å². The van der Waals surface area contributed by atoms with Crippen LogP contribution in [-0.4, -0.2) is 37.1 Å². The van der Waals surface area contributed by atoms with E-state index in [0.717, 1.165) is 19.1 Å². The van der Waals surface area contributed by atoms with E-state index in [4.69, 9.17) is 0 Å². The van der Waals surface area contributed by atoms with Gasteiger partial charge in [-0.1, -0.05) is 19.9 Å². The second kappa shape index (κ2) is 5.52. The van der Waals surface area contributed by atoms with Crippen molar-refractivity contribution in [2.75, 3.05) is 20.1 Å². The maximum atomic E-state index is 3.85. The SMILES string of the molecule is C=CCN(C1CC1)C(CNC)C(C)C. The molecule has 0 amide bonds. The number of rotatable bonds is 7. The Bertz CT molecular complexity index is 173.